The fourth-order valence-electron chi connectivity index (χ4n) is 1.63. The summed E-state index contributed by atoms with van der Waals surface area (Å²) in [5.41, 5.74) is 1.24. The van der Waals surface area contributed by atoms with Crippen molar-refractivity contribution in [2.75, 3.05) is 20.8 Å². The third-order valence-electron chi connectivity index (χ3n) is 3.10. The number of halogens is 1. The summed E-state index contributed by atoms with van der Waals surface area (Å²) in [6.07, 6.45) is 0. The third-order valence-corrected chi connectivity index (χ3v) is 3.10. The first-order chi connectivity index (χ1) is 9.49. The van der Waals surface area contributed by atoms with Crippen molar-refractivity contribution in [1.82, 2.24) is 10.2 Å². The first-order valence-electron chi connectivity index (χ1n) is 6.37. The number of methoxy groups -OCH3 is 1. The van der Waals surface area contributed by atoms with E-state index in [1.807, 2.05) is 0 Å². The van der Waals surface area contributed by atoms with E-state index in [1.165, 1.54) is 18.1 Å². The second kappa shape index (κ2) is 7.81. The molecule has 6 heteroatoms. The number of aliphatic hydroxyl groups is 1. The van der Waals surface area contributed by atoms with Gasteiger partial charge in [0.25, 0.3) is 0 Å². The summed E-state index contributed by atoms with van der Waals surface area (Å²) in [6, 6.07) is 4.09. The lowest BCUT2D eigenvalue weighted by molar-refractivity contribution is 0.157. The van der Waals surface area contributed by atoms with Crippen molar-refractivity contribution in [3.05, 3.63) is 35.1 Å². The summed E-state index contributed by atoms with van der Waals surface area (Å²) in [7, 11) is 3.11. The lowest BCUT2D eigenvalue weighted by atomic mass is 10.1. The third kappa shape index (κ3) is 4.47. The molecule has 2 amide bonds. The predicted octanol–water partition coefficient (Wildman–Crippen LogP) is 1.49. The van der Waals surface area contributed by atoms with Gasteiger partial charge in [-0.05, 0) is 24.6 Å². The van der Waals surface area contributed by atoms with E-state index in [1.54, 1.807) is 26.1 Å². The van der Waals surface area contributed by atoms with Crippen LogP contribution in [0.2, 0.25) is 0 Å². The minimum absolute atomic E-state index is 0.0988. The summed E-state index contributed by atoms with van der Waals surface area (Å²) in [4.78, 5) is 13.2. The molecule has 1 rings (SSSR count). The van der Waals surface area contributed by atoms with Crippen LogP contribution in [-0.4, -0.2) is 42.8 Å². The van der Waals surface area contributed by atoms with Crippen molar-refractivity contribution in [3.63, 3.8) is 0 Å². The first kappa shape index (κ1) is 16.4. The second-order valence-corrected chi connectivity index (χ2v) is 4.66. The van der Waals surface area contributed by atoms with Gasteiger partial charge in [0.2, 0.25) is 0 Å². The fraction of sp³-hybridized carbons (Fsp3) is 0.500. The van der Waals surface area contributed by atoms with Crippen LogP contribution in [0.5, 0.6) is 0 Å². The number of benzene rings is 1. The van der Waals surface area contributed by atoms with Gasteiger partial charge in [-0.15, -0.1) is 0 Å². The molecule has 0 radical (unpaired) electrons. The Labute approximate surface area is 118 Å². The Morgan fingerprint density at radius 2 is 2.25 bits per heavy atom. The number of rotatable bonds is 6. The van der Waals surface area contributed by atoms with Gasteiger partial charge < -0.3 is 20.1 Å². The Hall–Kier alpha value is -1.66. The maximum absolute atomic E-state index is 13.4. The largest absolute Gasteiger partial charge is 0.394 e. The Morgan fingerprint density at radius 1 is 1.55 bits per heavy atom. The van der Waals surface area contributed by atoms with Crippen molar-refractivity contribution in [2.24, 2.45) is 0 Å². The van der Waals surface area contributed by atoms with Crippen LogP contribution in [-0.2, 0) is 17.9 Å². The number of hydrogen-bond donors (Lipinski definition) is 2. The number of carbonyl (C=O) groups is 1. The molecule has 1 aromatic rings. The standard InChI is InChI=1S/C14H21FN2O3/c1-10(8-18)17(2)14(19)16-7-11-4-5-13(15)12(6-11)9-20-3/h4-6,10,18H,7-9H2,1-3H3,(H,16,19). The summed E-state index contributed by atoms with van der Waals surface area (Å²) < 4.78 is 18.3. The molecule has 0 aromatic heterocycles. The molecule has 0 heterocycles. The highest BCUT2D eigenvalue weighted by atomic mass is 19.1. The van der Waals surface area contributed by atoms with Crippen LogP contribution in [0.1, 0.15) is 18.1 Å². The summed E-state index contributed by atoms with van der Waals surface area (Å²) in [5.74, 6) is -0.326. The number of carbonyl (C=O) groups excluding carboxylic acids is 1. The van der Waals surface area contributed by atoms with Crippen LogP contribution in [0, 0.1) is 5.82 Å². The molecule has 1 unspecified atom stereocenters. The van der Waals surface area contributed by atoms with Crippen molar-refractivity contribution >= 4 is 6.03 Å². The molecule has 0 saturated heterocycles. The molecular formula is C14H21FN2O3. The van der Waals surface area contributed by atoms with E-state index in [4.69, 9.17) is 9.84 Å². The lowest BCUT2D eigenvalue weighted by Gasteiger charge is -2.23. The molecule has 0 aliphatic rings. The Kier molecular flexibility index (Phi) is 6.41. The Bertz CT molecular complexity index is 454. The predicted molar refractivity (Wildman–Crippen MR) is 73.7 cm³/mol. The quantitative estimate of drug-likeness (QED) is 0.832. The van der Waals surface area contributed by atoms with Gasteiger partial charge in [-0.1, -0.05) is 6.07 Å². The molecule has 20 heavy (non-hydrogen) atoms. The van der Waals surface area contributed by atoms with Gasteiger partial charge in [0.15, 0.2) is 0 Å². The van der Waals surface area contributed by atoms with E-state index >= 15 is 0 Å². The Morgan fingerprint density at radius 3 is 2.85 bits per heavy atom. The molecule has 0 bridgehead atoms. The van der Waals surface area contributed by atoms with Gasteiger partial charge in [-0.2, -0.15) is 0 Å². The van der Waals surface area contributed by atoms with E-state index in [2.05, 4.69) is 5.32 Å². The summed E-state index contributed by atoms with van der Waals surface area (Å²) in [5, 5.41) is 11.7. The first-order valence-corrected chi connectivity index (χ1v) is 6.37. The van der Waals surface area contributed by atoms with Crippen LogP contribution in [0.15, 0.2) is 18.2 Å². The molecule has 0 spiro atoms. The fourth-order valence-corrected chi connectivity index (χ4v) is 1.63. The summed E-state index contributed by atoms with van der Waals surface area (Å²) >= 11 is 0. The van der Waals surface area contributed by atoms with Crippen molar-refractivity contribution in [3.8, 4) is 0 Å². The highest BCUT2D eigenvalue weighted by molar-refractivity contribution is 5.74. The smallest absolute Gasteiger partial charge is 0.317 e. The number of hydrogen-bond acceptors (Lipinski definition) is 3. The molecule has 0 aliphatic heterocycles. The SMILES string of the molecule is COCc1cc(CNC(=O)N(C)C(C)CO)ccc1F. The van der Waals surface area contributed by atoms with E-state index in [-0.39, 0.29) is 37.6 Å². The topological polar surface area (TPSA) is 61.8 Å². The molecular weight excluding hydrogens is 263 g/mol. The molecule has 112 valence electrons. The van der Waals surface area contributed by atoms with Crippen LogP contribution in [0.4, 0.5) is 9.18 Å². The van der Waals surface area contributed by atoms with Crippen LogP contribution in [0.3, 0.4) is 0 Å². The molecule has 0 aliphatic carbocycles. The molecule has 2 N–H and O–H groups in total. The van der Waals surface area contributed by atoms with Crippen LogP contribution < -0.4 is 5.32 Å². The minimum Gasteiger partial charge on any atom is -0.394 e. The zero-order valence-electron chi connectivity index (χ0n) is 12.0. The second-order valence-electron chi connectivity index (χ2n) is 4.66. The highest BCUT2D eigenvalue weighted by Crippen LogP contribution is 2.11. The molecule has 5 nitrogen and oxygen atoms in total. The van der Waals surface area contributed by atoms with Crippen molar-refractivity contribution in [2.45, 2.75) is 26.1 Å². The number of likely N-dealkylation sites (N-methyl/N-ethyl adjacent to an activating group) is 1. The molecule has 1 aromatic carbocycles. The number of urea groups is 1. The average molecular weight is 284 g/mol. The number of ether oxygens (including phenoxy) is 1. The van der Waals surface area contributed by atoms with Crippen LogP contribution >= 0.6 is 0 Å². The van der Waals surface area contributed by atoms with Gasteiger partial charge in [0.05, 0.1) is 19.3 Å². The normalized spacial score (nSPS) is 12.1. The number of nitrogens with one attached hydrogen (secondary N) is 1. The van der Waals surface area contributed by atoms with Crippen molar-refractivity contribution < 1.29 is 19.0 Å². The highest BCUT2D eigenvalue weighted by Gasteiger charge is 2.14. The Balaban J connectivity index is 2.61. The van der Waals surface area contributed by atoms with Crippen molar-refractivity contribution in [1.29, 1.82) is 0 Å². The van der Waals surface area contributed by atoms with Gasteiger partial charge in [-0.3, -0.25) is 0 Å². The summed E-state index contributed by atoms with van der Waals surface area (Å²) in [6.45, 7) is 2.13. The number of nitrogens with zero attached hydrogens (tertiary/aromatic N) is 1. The monoisotopic (exact) mass is 284 g/mol. The van der Waals surface area contributed by atoms with Gasteiger partial charge in [-0.25, -0.2) is 9.18 Å². The number of aliphatic hydroxyl groups excluding tert-OH is 1. The maximum Gasteiger partial charge on any atom is 0.317 e. The van der Waals surface area contributed by atoms with Gasteiger partial charge >= 0.3 is 6.03 Å². The molecule has 0 fully saturated rings. The minimum atomic E-state index is -0.326. The lowest BCUT2D eigenvalue weighted by Crippen LogP contribution is -2.43. The van der Waals surface area contributed by atoms with Gasteiger partial charge in [0.1, 0.15) is 5.82 Å². The average Bonchev–Trinajstić information content (AvgIpc) is 2.46. The number of amides is 2. The van der Waals surface area contributed by atoms with E-state index in [0.29, 0.717) is 5.56 Å². The zero-order valence-corrected chi connectivity index (χ0v) is 12.0. The van der Waals surface area contributed by atoms with Crippen LogP contribution in [0.25, 0.3) is 0 Å². The van der Waals surface area contributed by atoms with Gasteiger partial charge in [0, 0.05) is 26.3 Å². The zero-order chi connectivity index (χ0) is 15.1. The van der Waals surface area contributed by atoms with E-state index < -0.39 is 0 Å². The van der Waals surface area contributed by atoms with E-state index in [0.717, 1.165) is 5.56 Å². The molecule has 1 atom stereocenters. The maximum atomic E-state index is 13.4. The van der Waals surface area contributed by atoms with E-state index in [9.17, 15) is 9.18 Å². The molecule has 0 saturated carbocycles.